The van der Waals surface area contributed by atoms with Gasteiger partial charge >= 0.3 is 0 Å². The Labute approximate surface area is 203 Å². The summed E-state index contributed by atoms with van der Waals surface area (Å²) in [6.45, 7) is 8.21. The molecule has 4 rings (SSSR count). The molecule has 3 aromatic carbocycles. The first-order valence-corrected chi connectivity index (χ1v) is 12.3. The van der Waals surface area contributed by atoms with Gasteiger partial charge in [0.05, 0.1) is 11.6 Å². The van der Waals surface area contributed by atoms with Gasteiger partial charge in [0.2, 0.25) is 0 Å². The monoisotopic (exact) mass is 451 g/mol. The molecule has 1 amide bonds. The summed E-state index contributed by atoms with van der Waals surface area (Å²) < 4.78 is 0. The van der Waals surface area contributed by atoms with Gasteiger partial charge in [-0.3, -0.25) is 9.69 Å². The van der Waals surface area contributed by atoms with E-state index in [4.69, 9.17) is 0 Å². The van der Waals surface area contributed by atoms with Crippen LogP contribution in [0.1, 0.15) is 59.3 Å². The van der Waals surface area contributed by atoms with Crippen LogP contribution in [0.2, 0.25) is 0 Å². The molecule has 0 aliphatic carbocycles. The van der Waals surface area contributed by atoms with Gasteiger partial charge in [-0.05, 0) is 74.7 Å². The molecule has 0 saturated carbocycles. The number of hydrogen-bond donors (Lipinski definition) is 0. The van der Waals surface area contributed by atoms with Crippen LogP contribution in [0, 0.1) is 11.3 Å². The van der Waals surface area contributed by atoms with Gasteiger partial charge in [-0.15, -0.1) is 0 Å². The fourth-order valence-corrected chi connectivity index (χ4v) is 5.30. The first-order valence-electron chi connectivity index (χ1n) is 12.3. The Balaban J connectivity index is 1.74. The summed E-state index contributed by atoms with van der Waals surface area (Å²) in [5.74, 6) is 0.0862. The molecule has 4 nitrogen and oxygen atoms in total. The summed E-state index contributed by atoms with van der Waals surface area (Å²) in [5.41, 5.74) is 4.67. The molecule has 0 N–H and O–H groups in total. The van der Waals surface area contributed by atoms with Crippen LogP contribution in [0.25, 0.3) is 0 Å². The van der Waals surface area contributed by atoms with E-state index in [1.807, 2.05) is 55.1 Å². The van der Waals surface area contributed by atoms with Crippen LogP contribution < -0.4 is 0 Å². The zero-order valence-corrected chi connectivity index (χ0v) is 20.2. The highest BCUT2D eigenvalue weighted by atomic mass is 16.2. The summed E-state index contributed by atoms with van der Waals surface area (Å²) in [6, 6.07) is 29.0. The zero-order chi connectivity index (χ0) is 24.0. The molecule has 1 fully saturated rings. The van der Waals surface area contributed by atoms with E-state index in [2.05, 4.69) is 53.4 Å². The molecule has 0 spiro atoms. The maximum Gasteiger partial charge on any atom is 0.254 e. The largest absolute Gasteiger partial charge is 0.339 e. The predicted octanol–water partition coefficient (Wildman–Crippen LogP) is 5.62. The molecule has 1 heterocycles. The standard InChI is InChI=1S/C30H33N3O/c1-3-33(4-2)29(34)27-15-8-9-16-28(27)30(26-14-10-13-25(21-26)22-31)17-19-32(20-18-30)23-24-11-6-5-7-12-24/h5-16,21H,3-4,17-20,23H2,1-2H3. The topological polar surface area (TPSA) is 47.3 Å². The summed E-state index contributed by atoms with van der Waals surface area (Å²) in [7, 11) is 0. The van der Waals surface area contributed by atoms with Gasteiger partial charge < -0.3 is 4.90 Å². The van der Waals surface area contributed by atoms with Crippen LogP contribution in [0.15, 0.2) is 78.9 Å². The second-order valence-corrected chi connectivity index (χ2v) is 9.06. The predicted molar refractivity (Wildman–Crippen MR) is 137 cm³/mol. The average molecular weight is 452 g/mol. The van der Waals surface area contributed by atoms with E-state index in [0.29, 0.717) is 18.7 Å². The smallest absolute Gasteiger partial charge is 0.254 e. The van der Waals surface area contributed by atoms with Crippen LogP contribution in [-0.4, -0.2) is 41.9 Å². The van der Waals surface area contributed by atoms with Crippen LogP contribution in [0.4, 0.5) is 0 Å². The molecule has 174 valence electrons. The third-order valence-electron chi connectivity index (χ3n) is 7.23. The molecule has 0 aromatic heterocycles. The lowest BCUT2D eigenvalue weighted by Crippen LogP contribution is -2.44. The van der Waals surface area contributed by atoms with E-state index in [9.17, 15) is 10.1 Å². The van der Waals surface area contributed by atoms with Gasteiger partial charge in [0.1, 0.15) is 0 Å². The molecule has 1 saturated heterocycles. The van der Waals surface area contributed by atoms with Crippen molar-refractivity contribution in [2.75, 3.05) is 26.2 Å². The molecule has 0 atom stereocenters. The SMILES string of the molecule is CCN(CC)C(=O)c1ccccc1C1(c2cccc(C#N)c2)CCN(Cc2ccccc2)CC1. The average Bonchev–Trinajstić information content (AvgIpc) is 2.90. The van der Waals surface area contributed by atoms with Crippen molar-refractivity contribution < 1.29 is 4.79 Å². The normalized spacial score (nSPS) is 15.4. The van der Waals surface area contributed by atoms with Crippen LogP contribution in [-0.2, 0) is 12.0 Å². The lowest BCUT2D eigenvalue weighted by Gasteiger charge is -2.44. The Bertz CT molecular complexity index is 1150. The third kappa shape index (κ3) is 4.76. The van der Waals surface area contributed by atoms with E-state index in [1.54, 1.807) is 0 Å². The quantitative estimate of drug-likeness (QED) is 0.468. The van der Waals surface area contributed by atoms with E-state index >= 15 is 0 Å². The van der Waals surface area contributed by atoms with Crippen molar-refractivity contribution in [2.45, 2.75) is 38.6 Å². The molecule has 34 heavy (non-hydrogen) atoms. The number of nitriles is 1. The highest BCUT2D eigenvalue weighted by molar-refractivity contribution is 5.96. The highest BCUT2D eigenvalue weighted by Gasteiger charge is 2.40. The second kappa shape index (κ2) is 10.7. The zero-order valence-electron chi connectivity index (χ0n) is 20.2. The van der Waals surface area contributed by atoms with Crippen LogP contribution in [0.5, 0.6) is 0 Å². The number of benzene rings is 3. The number of hydrogen-bond acceptors (Lipinski definition) is 3. The number of carbonyl (C=O) groups excluding carboxylic acids is 1. The number of piperidine rings is 1. The van der Waals surface area contributed by atoms with Crippen molar-refractivity contribution in [3.05, 3.63) is 107 Å². The molecular formula is C30H33N3O. The van der Waals surface area contributed by atoms with Gasteiger partial charge in [0.25, 0.3) is 5.91 Å². The van der Waals surface area contributed by atoms with Gasteiger partial charge in [-0.1, -0.05) is 60.7 Å². The molecule has 1 aliphatic rings. The maximum atomic E-state index is 13.5. The Morgan fingerprint density at radius 2 is 1.62 bits per heavy atom. The number of likely N-dealkylation sites (tertiary alicyclic amines) is 1. The van der Waals surface area contributed by atoms with Crippen LogP contribution in [0.3, 0.4) is 0 Å². The summed E-state index contributed by atoms with van der Waals surface area (Å²) in [6.07, 6.45) is 1.80. The number of amides is 1. The first kappa shape index (κ1) is 23.7. The first-order chi connectivity index (χ1) is 16.6. The number of rotatable bonds is 7. The molecule has 0 bridgehead atoms. The third-order valence-corrected chi connectivity index (χ3v) is 7.23. The van der Waals surface area contributed by atoms with Crippen molar-refractivity contribution in [3.8, 4) is 6.07 Å². The summed E-state index contributed by atoms with van der Waals surface area (Å²) in [4.78, 5) is 17.9. The Kier molecular flexibility index (Phi) is 7.45. The summed E-state index contributed by atoms with van der Waals surface area (Å²) >= 11 is 0. The minimum Gasteiger partial charge on any atom is -0.339 e. The number of carbonyl (C=O) groups is 1. The van der Waals surface area contributed by atoms with Crippen molar-refractivity contribution >= 4 is 5.91 Å². The molecule has 3 aromatic rings. The lowest BCUT2D eigenvalue weighted by molar-refractivity contribution is 0.0768. The highest BCUT2D eigenvalue weighted by Crippen LogP contribution is 2.44. The molecule has 0 unspecified atom stereocenters. The fourth-order valence-electron chi connectivity index (χ4n) is 5.30. The van der Waals surface area contributed by atoms with E-state index < -0.39 is 0 Å². The van der Waals surface area contributed by atoms with Crippen molar-refractivity contribution in [1.29, 1.82) is 5.26 Å². The van der Waals surface area contributed by atoms with Gasteiger partial charge in [-0.2, -0.15) is 5.26 Å². The van der Waals surface area contributed by atoms with Crippen LogP contribution >= 0.6 is 0 Å². The second-order valence-electron chi connectivity index (χ2n) is 9.06. The Morgan fingerprint density at radius 3 is 2.29 bits per heavy atom. The fraction of sp³-hybridized carbons (Fsp3) is 0.333. The number of nitrogens with zero attached hydrogens (tertiary/aromatic N) is 3. The minimum absolute atomic E-state index is 0.0862. The van der Waals surface area contributed by atoms with Crippen molar-refractivity contribution in [1.82, 2.24) is 9.80 Å². The van der Waals surface area contributed by atoms with Gasteiger partial charge in [-0.25, -0.2) is 0 Å². The summed E-state index contributed by atoms with van der Waals surface area (Å²) in [5, 5.41) is 9.58. The maximum absolute atomic E-state index is 13.5. The molecule has 4 heteroatoms. The molecule has 1 aliphatic heterocycles. The van der Waals surface area contributed by atoms with Gasteiger partial charge in [0.15, 0.2) is 0 Å². The van der Waals surface area contributed by atoms with E-state index in [-0.39, 0.29) is 11.3 Å². The minimum atomic E-state index is -0.306. The lowest BCUT2D eigenvalue weighted by atomic mass is 9.66. The molecule has 0 radical (unpaired) electrons. The van der Waals surface area contributed by atoms with E-state index in [1.165, 1.54) is 5.56 Å². The Hall–Kier alpha value is -3.42. The Morgan fingerprint density at radius 1 is 0.941 bits per heavy atom. The molecular weight excluding hydrogens is 418 g/mol. The van der Waals surface area contributed by atoms with E-state index in [0.717, 1.165) is 49.2 Å². The van der Waals surface area contributed by atoms with Crippen molar-refractivity contribution in [3.63, 3.8) is 0 Å². The van der Waals surface area contributed by atoms with Crippen molar-refractivity contribution in [2.24, 2.45) is 0 Å². The van der Waals surface area contributed by atoms with Gasteiger partial charge in [0, 0.05) is 30.6 Å².